The van der Waals surface area contributed by atoms with Crippen LogP contribution in [0.15, 0.2) is 15.3 Å². The number of nitrogens with one attached hydrogen (secondary N) is 1. The molecule has 19 heavy (non-hydrogen) atoms. The van der Waals surface area contributed by atoms with Gasteiger partial charge in [0.2, 0.25) is 0 Å². The zero-order valence-corrected chi connectivity index (χ0v) is 10.9. The van der Waals surface area contributed by atoms with Crippen molar-refractivity contribution in [1.82, 2.24) is 4.57 Å². The molecule has 0 aliphatic rings. The van der Waals surface area contributed by atoms with Gasteiger partial charge < -0.3 is 9.15 Å². The second kappa shape index (κ2) is 4.93. The lowest BCUT2D eigenvalue weighted by atomic mass is 10.2. The maximum absolute atomic E-state index is 13.8. The number of nitrogens with zero attached hydrogens (tertiary/aromatic N) is 1. The highest BCUT2D eigenvalue weighted by Crippen LogP contribution is 2.31. The van der Waals surface area contributed by atoms with E-state index < -0.39 is 17.7 Å². The molecule has 2 rings (SSSR count). The number of hydrogen-bond donors (Lipinski definition) is 1. The number of oxazole rings is 1. The van der Waals surface area contributed by atoms with E-state index in [9.17, 15) is 14.0 Å². The molecule has 1 heterocycles. The molecule has 1 aromatic heterocycles. The van der Waals surface area contributed by atoms with Gasteiger partial charge in [0.15, 0.2) is 11.4 Å². The standard InChI is InChI=1S/C11H10ClFN2O4/c1-3-18-10(16)14-7-6(13)4-5(12)8-9(7)19-11(17)15(8)2/h4H,3H2,1-2H3,(H,14,16). The first kappa shape index (κ1) is 13.4. The van der Waals surface area contributed by atoms with Gasteiger partial charge in [-0.1, -0.05) is 11.6 Å². The number of ether oxygens (including phenoxy) is 1. The molecular weight excluding hydrogens is 279 g/mol. The molecule has 6 nitrogen and oxygen atoms in total. The molecule has 0 bridgehead atoms. The van der Waals surface area contributed by atoms with Crippen LogP contribution in [0.5, 0.6) is 0 Å². The number of halogens is 2. The summed E-state index contributed by atoms with van der Waals surface area (Å²) in [6.45, 7) is 1.74. The van der Waals surface area contributed by atoms with E-state index in [1.165, 1.54) is 7.05 Å². The predicted molar refractivity (Wildman–Crippen MR) is 67.1 cm³/mol. The Kier molecular flexibility index (Phi) is 3.48. The summed E-state index contributed by atoms with van der Waals surface area (Å²) in [5.41, 5.74) is -0.221. The Bertz CT molecular complexity index is 707. The van der Waals surface area contributed by atoms with Crippen LogP contribution in [0.2, 0.25) is 5.02 Å². The summed E-state index contributed by atoms with van der Waals surface area (Å²) in [6, 6.07) is 0.987. The van der Waals surface area contributed by atoms with Crippen molar-refractivity contribution in [3.8, 4) is 0 Å². The van der Waals surface area contributed by atoms with E-state index in [-0.39, 0.29) is 28.4 Å². The van der Waals surface area contributed by atoms with Gasteiger partial charge in [-0.25, -0.2) is 14.0 Å². The number of anilines is 1. The number of hydrogen-bond acceptors (Lipinski definition) is 4. The quantitative estimate of drug-likeness (QED) is 0.921. The van der Waals surface area contributed by atoms with Gasteiger partial charge in [-0.2, -0.15) is 0 Å². The molecule has 0 radical (unpaired) electrons. The molecule has 0 atom stereocenters. The van der Waals surface area contributed by atoms with E-state index in [0.29, 0.717) is 0 Å². The second-order valence-electron chi connectivity index (χ2n) is 3.67. The third-order valence-corrected chi connectivity index (χ3v) is 2.75. The predicted octanol–water partition coefficient (Wildman–Crippen LogP) is 2.49. The summed E-state index contributed by atoms with van der Waals surface area (Å²) >= 11 is 5.85. The van der Waals surface area contributed by atoms with Crippen LogP contribution in [0.25, 0.3) is 11.1 Å². The molecule has 1 amide bonds. The van der Waals surface area contributed by atoms with E-state index in [4.69, 9.17) is 16.0 Å². The van der Waals surface area contributed by atoms with Crippen molar-refractivity contribution in [3.63, 3.8) is 0 Å². The molecule has 0 spiro atoms. The molecule has 0 aliphatic heterocycles. The van der Waals surface area contributed by atoms with Crippen molar-refractivity contribution in [2.24, 2.45) is 7.05 Å². The van der Waals surface area contributed by atoms with Gasteiger partial charge in [0, 0.05) is 7.05 Å². The summed E-state index contributed by atoms with van der Waals surface area (Å²) in [4.78, 5) is 22.8. The molecule has 0 fully saturated rings. The Morgan fingerprint density at radius 1 is 1.63 bits per heavy atom. The smallest absolute Gasteiger partial charge is 0.419 e. The van der Waals surface area contributed by atoms with Crippen LogP contribution >= 0.6 is 11.6 Å². The molecule has 8 heteroatoms. The third-order valence-electron chi connectivity index (χ3n) is 2.46. The second-order valence-corrected chi connectivity index (χ2v) is 4.07. The topological polar surface area (TPSA) is 73.5 Å². The van der Waals surface area contributed by atoms with Gasteiger partial charge >= 0.3 is 11.8 Å². The number of carbonyl (C=O) groups is 1. The van der Waals surface area contributed by atoms with Crippen molar-refractivity contribution in [2.45, 2.75) is 6.92 Å². The van der Waals surface area contributed by atoms with E-state index in [1.54, 1.807) is 6.92 Å². The number of carbonyl (C=O) groups excluding carboxylic acids is 1. The lowest BCUT2D eigenvalue weighted by Gasteiger charge is -2.07. The molecule has 0 aliphatic carbocycles. The summed E-state index contributed by atoms with van der Waals surface area (Å²) in [7, 11) is 1.42. The van der Waals surface area contributed by atoms with Crippen molar-refractivity contribution in [2.75, 3.05) is 11.9 Å². The third kappa shape index (κ3) is 2.28. The minimum absolute atomic E-state index is 0.00950. The highest BCUT2D eigenvalue weighted by Gasteiger charge is 2.20. The minimum atomic E-state index is -0.850. The zero-order valence-electron chi connectivity index (χ0n) is 10.1. The van der Waals surface area contributed by atoms with Crippen molar-refractivity contribution in [3.05, 3.63) is 27.5 Å². The minimum Gasteiger partial charge on any atom is -0.450 e. The lowest BCUT2D eigenvalue weighted by molar-refractivity contribution is 0.168. The molecular formula is C11H10ClFN2O4. The fourth-order valence-corrected chi connectivity index (χ4v) is 1.94. The van der Waals surface area contributed by atoms with Crippen LogP contribution in [-0.2, 0) is 11.8 Å². The molecule has 1 N–H and O–H groups in total. The van der Waals surface area contributed by atoms with Gasteiger partial charge in [-0.3, -0.25) is 9.88 Å². The molecule has 0 saturated carbocycles. The number of amides is 1. The summed E-state index contributed by atoms with van der Waals surface area (Å²) < 4.78 is 24.4. The average molecular weight is 289 g/mol. The van der Waals surface area contributed by atoms with Gasteiger partial charge in [0.25, 0.3) is 0 Å². The van der Waals surface area contributed by atoms with E-state index in [1.807, 2.05) is 0 Å². The molecule has 0 unspecified atom stereocenters. The largest absolute Gasteiger partial charge is 0.450 e. The first-order valence-electron chi connectivity index (χ1n) is 5.37. The number of rotatable bonds is 2. The van der Waals surface area contributed by atoms with Gasteiger partial charge in [-0.05, 0) is 13.0 Å². The first-order chi connectivity index (χ1) is 8.95. The Morgan fingerprint density at radius 3 is 2.95 bits per heavy atom. The van der Waals surface area contributed by atoms with Gasteiger partial charge in [0.05, 0.1) is 11.6 Å². The number of aromatic nitrogens is 1. The Hall–Kier alpha value is -2.02. The van der Waals surface area contributed by atoms with Crippen LogP contribution < -0.4 is 11.1 Å². The van der Waals surface area contributed by atoms with Gasteiger partial charge in [0.1, 0.15) is 11.2 Å². The first-order valence-corrected chi connectivity index (χ1v) is 5.74. The molecule has 102 valence electrons. The van der Waals surface area contributed by atoms with Crippen LogP contribution in [0, 0.1) is 5.82 Å². The highest BCUT2D eigenvalue weighted by molar-refractivity contribution is 6.35. The summed E-state index contributed by atoms with van der Waals surface area (Å²) in [5, 5.41) is 2.19. The number of benzene rings is 1. The summed E-state index contributed by atoms with van der Waals surface area (Å²) in [6.07, 6.45) is -0.850. The van der Waals surface area contributed by atoms with Gasteiger partial charge in [-0.15, -0.1) is 0 Å². The fourth-order valence-electron chi connectivity index (χ4n) is 1.63. The van der Waals surface area contributed by atoms with Crippen LogP contribution in [-0.4, -0.2) is 17.3 Å². The highest BCUT2D eigenvalue weighted by atomic mass is 35.5. The van der Waals surface area contributed by atoms with E-state index in [0.717, 1.165) is 10.6 Å². The van der Waals surface area contributed by atoms with E-state index in [2.05, 4.69) is 10.1 Å². The van der Waals surface area contributed by atoms with Crippen LogP contribution in [0.3, 0.4) is 0 Å². The van der Waals surface area contributed by atoms with Crippen LogP contribution in [0.4, 0.5) is 14.9 Å². The molecule has 2 aromatic rings. The fraction of sp³-hybridized carbons (Fsp3) is 0.273. The zero-order chi connectivity index (χ0) is 14.2. The lowest BCUT2D eigenvalue weighted by Crippen LogP contribution is -2.14. The SMILES string of the molecule is CCOC(=O)Nc1c(F)cc(Cl)c2c1oc(=O)n2C. The summed E-state index contributed by atoms with van der Waals surface area (Å²) in [5.74, 6) is -1.53. The maximum atomic E-state index is 13.8. The van der Waals surface area contributed by atoms with Crippen molar-refractivity contribution < 1.29 is 18.3 Å². The van der Waals surface area contributed by atoms with Crippen molar-refractivity contribution in [1.29, 1.82) is 0 Å². The maximum Gasteiger partial charge on any atom is 0.419 e. The molecule has 1 aromatic carbocycles. The Balaban J connectivity index is 2.63. The molecule has 0 saturated heterocycles. The van der Waals surface area contributed by atoms with E-state index >= 15 is 0 Å². The Labute approximate surface area is 111 Å². The monoisotopic (exact) mass is 288 g/mol. The number of aryl methyl sites for hydroxylation is 1. The number of fused-ring (bicyclic) bond motifs is 1. The van der Waals surface area contributed by atoms with Crippen LogP contribution in [0.1, 0.15) is 6.92 Å². The average Bonchev–Trinajstić information content (AvgIpc) is 2.62. The van der Waals surface area contributed by atoms with Crippen molar-refractivity contribution >= 4 is 34.5 Å². The Morgan fingerprint density at radius 2 is 2.32 bits per heavy atom. The normalized spacial score (nSPS) is 10.7.